The third-order valence-electron chi connectivity index (χ3n) is 7.02. The maximum absolute atomic E-state index is 15.5. The van der Waals surface area contributed by atoms with E-state index in [0.29, 0.717) is 49.7 Å². The fourth-order valence-corrected chi connectivity index (χ4v) is 6.01. The molecule has 1 saturated heterocycles. The molecule has 14 heteroatoms. The molecule has 0 spiro atoms. The van der Waals surface area contributed by atoms with E-state index >= 15 is 4.39 Å². The first-order valence-electron chi connectivity index (χ1n) is 12.9. The van der Waals surface area contributed by atoms with Crippen LogP contribution in [0, 0.1) is 5.82 Å². The average Bonchev–Trinajstić information content (AvgIpc) is 3.39. The van der Waals surface area contributed by atoms with Crippen LogP contribution in [0.25, 0.3) is 0 Å². The highest BCUT2D eigenvalue weighted by atomic mass is 31.2. The molecule has 9 nitrogen and oxygen atoms in total. The molecule has 1 amide bonds. The second-order valence-electron chi connectivity index (χ2n) is 10.4. The number of alkyl halides is 3. The zero-order valence-corrected chi connectivity index (χ0v) is 23.6. The number of ether oxygens (including phenoxy) is 1. The van der Waals surface area contributed by atoms with E-state index in [9.17, 15) is 22.5 Å². The molecule has 218 valence electrons. The van der Waals surface area contributed by atoms with E-state index in [2.05, 4.69) is 25.5 Å². The zero-order chi connectivity index (χ0) is 29.5. The zero-order valence-electron chi connectivity index (χ0n) is 22.7. The van der Waals surface area contributed by atoms with Crippen LogP contribution in [0.1, 0.15) is 21.5 Å². The number of aromatic nitrogens is 2. The number of piperazine rings is 1. The maximum atomic E-state index is 15.5. The van der Waals surface area contributed by atoms with Crippen molar-refractivity contribution in [2.45, 2.75) is 12.6 Å². The van der Waals surface area contributed by atoms with Crippen molar-refractivity contribution in [2.24, 2.45) is 0 Å². The lowest BCUT2D eigenvalue weighted by atomic mass is 10.0. The molecule has 1 aromatic heterocycles. The van der Waals surface area contributed by atoms with Crippen LogP contribution in [0.4, 0.5) is 40.7 Å². The molecule has 5 rings (SSSR count). The number of nitrogens with one attached hydrogen (secondary N) is 2. The molecular weight excluding hydrogens is 563 g/mol. The highest BCUT2D eigenvalue weighted by Crippen LogP contribution is 2.42. The van der Waals surface area contributed by atoms with Crippen LogP contribution in [-0.2, 0) is 17.2 Å². The second-order valence-corrected chi connectivity index (χ2v) is 13.5. The van der Waals surface area contributed by atoms with Crippen molar-refractivity contribution < 1.29 is 31.7 Å². The Balaban J connectivity index is 1.50. The van der Waals surface area contributed by atoms with E-state index in [4.69, 9.17) is 4.74 Å². The lowest BCUT2D eigenvalue weighted by Crippen LogP contribution is -2.47. The van der Waals surface area contributed by atoms with E-state index in [1.165, 1.54) is 19.4 Å². The summed E-state index contributed by atoms with van der Waals surface area (Å²) in [6, 6.07) is 7.42. The summed E-state index contributed by atoms with van der Waals surface area (Å²) in [7, 11) is -0.899. The summed E-state index contributed by atoms with van der Waals surface area (Å²) >= 11 is 0. The number of carbonyl (C=O) groups is 1. The molecule has 3 heterocycles. The SMILES string of the molecule is CN1CCN(C(=O)c2cc(F)c(Nc3ncc(C(F)(F)F)c(Nc4ccccc4P(C)(C)=O)n3)c3c2CCO3)CC1. The molecule has 0 atom stereocenters. The number of nitrogens with zero attached hydrogens (tertiary/aromatic N) is 4. The number of para-hydroxylation sites is 1. The smallest absolute Gasteiger partial charge is 0.421 e. The predicted octanol–water partition coefficient (Wildman–Crippen LogP) is 4.69. The van der Waals surface area contributed by atoms with Crippen LogP contribution >= 0.6 is 7.14 Å². The van der Waals surface area contributed by atoms with Gasteiger partial charge in [-0.1, -0.05) is 12.1 Å². The topological polar surface area (TPSA) is 99.7 Å². The Bertz CT molecular complexity index is 1540. The number of halogens is 4. The van der Waals surface area contributed by atoms with Crippen LogP contribution in [-0.4, -0.2) is 78.8 Å². The number of likely N-dealkylation sites (N-methyl/N-ethyl adjacent to an activating group) is 1. The van der Waals surface area contributed by atoms with Gasteiger partial charge in [0.1, 0.15) is 30.0 Å². The first-order valence-corrected chi connectivity index (χ1v) is 15.5. The Labute approximate surface area is 234 Å². The molecule has 2 aliphatic heterocycles. The van der Waals surface area contributed by atoms with Gasteiger partial charge in [0, 0.05) is 55.2 Å². The Morgan fingerprint density at radius 3 is 2.49 bits per heavy atom. The van der Waals surface area contributed by atoms with E-state index in [1.807, 2.05) is 7.05 Å². The number of hydrogen-bond donors (Lipinski definition) is 2. The fourth-order valence-electron chi connectivity index (χ4n) is 4.85. The summed E-state index contributed by atoms with van der Waals surface area (Å²) in [5.41, 5.74) is -0.432. The van der Waals surface area contributed by atoms with Gasteiger partial charge in [0.2, 0.25) is 5.95 Å². The second kappa shape index (κ2) is 10.9. The number of anilines is 4. The highest BCUT2D eigenvalue weighted by Gasteiger charge is 2.36. The van der Waals surface area contributed by atoms with Crippen molar-refractivity contribution in [3.8, 4) is 5.75 Å². The molecule has 0 unspecified atom stereocenters. The third-order valence-corrected chi connectivity index (χ3v) is 8.57. The lowest BCUT2D eigenvalue weighted by molar-refractivity contribution is -0.137. The molecule has 2 aromatic carbocycles. The molecule has 41 heavy (non-hydrogen) atoms. The quantitative estimate of drug-likeness (QED) is 0.314. The first-order chi connectivity index (χ1) is 19.3. The first kappa shape index (κ1) is 28.8. The number of hydrogen-bond acceptors (Lipinski definition) is 8. The number of benzene rings is 2. The number of rotatable bonds is 6. The standard InChI is InChI=1S/C27H29F4N6O3P/c1-36-9-11-37(12-10-36)25(38)17-14-19(28)22(23-16(17)8-13-40-23)34-26-32-15-18(27(29,30)31)24(35-26)33-20-6-4-5-7-21(20)41(2,3)39/h4-7,14-15H,8-13H2,1-3H3,(H2,32,33,34,35). The van der Waals surface area contributed by atoms with Crippen LogP contribution in [0.3, 0.4) is 0 Å². The Morgan fingerprint density at radius 2 is 1.80 bits per heavy atom. The van der Waals surface area contributed by atoms with Crippen molar-refractivity contribution in [3.05, 3.63) is 59.0 Å². The summed E-state index contributed by atoms with van der Waals surface area (Å²) in [6.45, 7) is 5.65. The highest BCUT2D eigenvalue weighted by molar-refractivity contribution is 7.70. The monoisotopic (exact) mass is 592 g/mol. The molecule has 0 saturated carbocycles. The number of fused-ring (bicyclic) bond motifs is 1. The van der Waals surface area contributed by atoms with Crippen LogP contribution in [0.15, 0.2) is 36.5 Å². The summed E-state index contributed by atoms with van der Waals surface area (Å²) < 4.78 is 75.5. The van der Waals surface area contributed by atoms with Crippen molar-refractivity contribution in [2.75, 3.05) is 63.8 Å². The minimum atomic E-state index is -4.81. The van der Waals surface area contributed by atoms with Crippen molar-refractivity contribution in [1.82, 2.24) is 19.8 Å². The van der Waals surface area contributed by atoms with Gasteiger partial charge in [0.15, 0.2) is 5.82 Å². The lowest BCUT2D eigenvalue weighted by Gasteiger charge is -2.32. The van der Waals surface area contributed by atoms with Gasteiger partial charge in [0.05, 0.1) is 12.3 Å². The number of carbonyl (C=O) groups excluding carboxylic acids is 1. The van der Waals surface area contributed by atoms with Gasteiger partial charge in [0.25, 0.3) is 5.91 Å². The minimum Gasteiger partial charge on any atom is -0.491 e. The normalized spacial score (nSPS) is 15.8. The molecule has 1 fully saturated rings. The Hall–Kier alpha value is -3.70. The van der Waals surface area contributed by atoms with Gasteiger partial charge in [-0.05, 0) is 38.6 Å². The third kappa shape index (κ3) is 6.01. The van der Waals surface area contributed by atoms with E-state index in [-0.39, 0.29) is 41.2 Å². The molecule has 2 N–H and O–H groups in total. The Morgan fingerprint density at radius 1 is 1.10 bits per heavy atom. The summed E-state index contributed by atoms with van der Waals surface area (Å²) in [4.78, 5) is 24.8. The van der Waals surface area contributed by atoms with Crippen LogP contribution < -0.4 is 20.7 Å². The van der Waals surface area contributed by atoms with E-state index in [1.54, 1.807) is 23.1 Å². The van der Waals surface area contributed by atoms with Gasteiger partial charge in [-0.15, -0.1) is 0 Å². The van der Waals surface area contributed by atoms with Gasteiger partial charge in [-0.2, -0.15) is 18.2 Å². The largest absolute Gasteiger partial charge is 0.491 e. The van der Waals surface area contributed by atoms with Gasteiger partial charge in [-0.3, -0.25) is 4.79 Å². The van der Waals surface area contributed by atoms with Crippen molar-refractivity contribution in [1.29, 1.82) is 0 Å². The van der Waals surface area contributed by atoms with Crippen LogP contribution in [0.5, 0.6) is 5.75 Å². The molecule has 0 bridgehead atoms. The Kier molecular flexibility index (Phi) is 7.69. The van der Waals surface area contributed by atoms with Crippen LogP contribution in [0.2, 0.25) is 0 Å². The summed E-state index contributed by atoms with van der Waals surface area (Å²) in [5.74, 6) is -1.96. The number of amides is 1. The van der Waals surface area contributed by atoms with Gasteiger partial charge >= 0.3 is 6.18 Å². The molecular formula is C27H29F4N6O3P. The maximum Gasteiger partial charge on any atom is 0.421 e. The van der Waals surface area contributed by atoms with Crippen molar-refractivity contribution in [3.63, 3.8) is 0 Å². The summed E-state index contributed by atoms with van der Waals surface area (Å²) in [6.07, 6.45) is -3.86. The fraction of sp³-hybridized carbons (Fsp3) is 0.370. The molecule has 3 aromatic rings. The molecule has 0 aliphatic carbocycles. The predicted molar refractivity (Wildman–Crippen MR) is 148 cm³/mol. The molecule has 0 radical (unpaired) electrons. The van der Waals surface area contributed by atoms with E-state index in [0.717, 1.165) is 6.07 Å². The minimum absolute atomic E-state index is 0.101. The van der Waals surface area contributed by atoms with Crippen molar-refractivity contribution >= 4 is 41.5 Å². The van der Waals surface area contributed by atoms with Gasteiger partial charge < -0.3 is 29.7 Å². The summed E-state index contributed by atoms with van der Waals surface area (Å²) in [5, 5.41) is 5.65. The average molecular weight is 593 g/mol. The van der Waals surface area contributed by atoms with E-state index < -0.39 is 30.5 Å². The molecule has 2 aliphatic rings. The van der Waals surface area contributed by atoms with Gasteiger partial charge in [-0.25, -0.2) is 9.37 Å².